The van der Waals surface area contributed by atoms with E-state index in [4.69, 9.17) is 19.2 Å². The Balaban J connectivity index is 2.84. The molecule has 0 N–H and O–H groups in total. The van der Waals surface area contributed by atoms with Crippen LogP contribution in [0.2, 0.25) is 0 Å². The average Bonchev–Trinajstić information content (AvgIpc) is 2.22. The van der Waals surface area contributed by atoms with Gasteiger partial charge >= 0.3 is 5.97 Å². The number of ether oxygens (including phenoxy) is 2. The zero-order valence-corrected chi connectivity index (χ0v) is 11.5. The minimum atomic E-state index is -3.66. The molecule has 0 amide bonds. The summed E-state index contributed by atoms with van der Waals surface area (Å²) in [5.74, 6) is -0.585. The Labute approximate surface area is 110 Å². The highest BCUT2D eigenvalue weighted by molar-refractivity contribution is 7.86. The molecule has 1 fully saturated rings. The van der Waals surface area contributed by atoms with Gasteiger partial charge < -0.3 is 9.47 Å². The number of carbonyl (C=O) groups excluding carboxylic acids is 1. The molecule has 4 atom stereocenters. The molecule has 9 nitrogen and oxygen atoms in total. The van der Waals surface area contributed by atoms with E-state index < -0.39 is 40.6 Å². The summed E-state index contributed by atoms with van der Waals surface area (Å²) in [6.45, 7) is 2.78. The number of rotatable bonds is 4. The number of hydrogen-bond donors (Lipinski definition) is 0. The summed E-state index contributed by atoms with van der Waals surface area (Å²) in [4.78, 5) is 13.5. The minimum Gasteiger partial charge on any atom is -0.435 e. The fraction of sp³-hybridized carbons (Fsp3) is 0.889. The predicted molar refractivity (Wildman–Crippen MR) is 63.4 cm³/mol. The van der Waals surface area contributed by atoms with Crippen molar-refractivity contribution in [3.05, 3.63) is 10.4 Å². The summed E-state index contributed by atoms with van der Waals surface area (Å²) < 4.78 is 37.2. The number of nitrogens with zero attached hydrogens (tertiary/aromatic N) is 3. The molecule has 0 aromatic carbocycles. The summed E-state index contributed by atoms with van der Waals surface area (Å²) >= 11 is 0. The molecule has 0 aromatic heterocycles. The third-order valence-corrected chi connectivity index (χ3v) is 3.04. The molecule has 0 saturated carbocycles. The second kappa shape index (κ2) is 6.20. The van der Waals surface area contributed by atoms with Crippen LogP contribution in [0.3, 0.4) is 0 Å². The van der Waals surface area contributed by atoms with Crippen LogP contribution >= 0.6 is 0 Å². The third-order valence-electron chi connectivity index (χ3n) is 2.44. The van der Waals surface area contributed by atoms with E-state index in [0.717, 1.165) is 6.26 Å². The first kappa shape index (κ1) is 15.7. The van der Waals surface area contributed by atoms with Crippen LogP contribution in [0.25, 0.3) is 10.4 Å². The number of esters is 1. The van der Waals surface area contributed by atoms with Crippen molar-refractivity contribution >= 4 is 16.1 Å². The van der Waals surface area contributed by atoms with Crippen LogP contribution in [-0.4, -0.2) is 45.2 Å². The maximum Gasteiger partial charge on any atom is 0.304 e. The Hall–Kier alpha value is -1.35. The van der Waals surface area contributed by atoms with Crippen LogP contribution < -0.4 is 0 Å². The smallest absolute Gasteiger partial charge is 0.304 e. The summed E-state index contributed by atoms with van der Waals surface area (Å²) in [7, 11) is -3.66. The van der Waals surface area contributed by atoms with Crippen LogP contribution in [0.1, 0.15) is 20.3 Å². The van der Waals surface area contributed by atoms with Gasteiger partial charge in [0.1, 0.15) is 12.1 Å². The van der Waals surface area contributed by atoms with Gasteiger partial charge in [-0.25, -0.2) is 0 Å². The first-order valence-corrected chi connectivity index (χ1v) is 7.29. The fourth-order valence-corrected chi connectivity index (χ4v) is 2.39. The Kier molecular flexibility index (Phi) is 5.12. The Morgan fingerprint density at radius 3 is 2.63 bits per heavy atom. The fourth-order valence-electron chi connectivity index (χ4n) is 1.71. The molecule has 1 aliphatic rings. The van der Waals surface area contributed by atoms with Crippen molar-refractivity contribution in [2.24, 2.45) is 5.11 Å². The van der Waals surface area contributed by atoms with Crippen LogP contribution in [0.4, 0.5) is 0 Å². The lowest BCUT2D eigenvalue weighted by Crippen LogP contribution is -2.48. The van der Waals surface area contributed by atoms with Crippen molar-refractivity contribution in [3.8, 4) is 0 Å². The summed E-state index contributed by atoms with van der Waals surface area (Å²) in [6, 6.07) is -0.836. The Bertz CT molecular complexity index is 486. The van der Waals surface area contributed by atoms with E-state index >= 15 is 0 Å². The first-order valence-electron chi connectivity index (χ1n) is 5.48. The van der Waals surface area contributed by atoms with E-state index in [0.29, 0.717) is 0 Å². The molecule has 108 valence electrons. The number of carbonyl (C=O) groups is 1. The Morgan fingerprint density at radius 2 is 2.16 bits per heavy atom. The van der Waals surface area contributed by atoms with E-state index in [9.17, 15) is 13.2 Å². The van der Waals surface area contributed by atoms with E-state index in [1.54, 1.807) is 6.92 Å². The normalized spacial score (nSPS) is 31.3. The van der Waals surface area contributed by atoms with E-state index in [2.05, 4.69) is 10.0 Å². The molecule has 1 rings (SSSR count). The van der Waals surface area contributed by atoms with Crippen molar-refractivity contribution in [2.75, 3.05) is 6.26 Å². The summed E-state index contributed by atoms with van der Waals surface area (Å²) in [5.41, 5.74) is 8.46. The highest BCUT2D eigenvalue weighted by atomic mass is 32.2. The molecule has 0 aliphatic carbocycles. The lowest BCUT2D eigenvalue weighted by Gasteiger charge is -2.36. The molecule has 0 aromatic rings. The molecule has 1 heterocycles. The van der Waals surface area contributed by atoms with Crippen molar-refractivity contribution in [3.63, 3.8) is 0 Å². The monoisotopic (exact) mass is 293 g/mol. The van der Waals surface area contributed by atoms with Gasteiger partial charge in [-0.15, -0.1) is 0 Å². The quantitative estimate of drug-likeness (QED) is 0.247. The topological polar surface area (TPSA) is 128 Å². The maximum atomic E-state index is 11.1. The van der Waals surface area contributed by atoms with Crippen molar-refractivity contribution in [1.82, 2.24) is 0 Å². The van der Waals surface area contributed by atoms with Gasteiger partial charge in [0, 0.05) is 11.8 Å². The molecule has 1 saturated heterocycles. The second-order valence-electron chi connectivity index (χ2n) is 4.17. The van der Waals surface area contributed by atoms with Crippen molar-refractivity contribution in [2.45, 2.75) is 44.8 Å². The van der Waals surface area contributed by atoms with Gasteiger partial charge in [-0.1, -0.05) is 5.11 Å². The summed E-state index contributed by atoms with van der Waals surface area (Å²) in [6.07, 6.45) is -1.46. The molecule has 1 aliphatic heterocycles. The molecule has 0 spiro atoms. The van der Waals surface area contributed by atoms with Crippen LogP contribution in [0.15, 0.2) is 5.11 Å². The molecule has 19 heavy (non-hydrogen) atoms. The molecular formula is C9H15N3O6S. The van der Waals surface area contributed by atoms with Gasteiger partial charge in [0.05, 0.1) is 12.4 Å². The number of azide groups is 1. The van der Waals surface area contributed by atoms with Gasteiger partial charge in [-0.05, 0) is 18.9 Å². The number of hydrogen-bond acceptors (Lipinski definition) is 7. The lowest BCUT2D eigenvalue weighted by molar-refractivity contribution is -0.219. The first-order chi connectivity index (χ1) is 8.73. The highest BCUT2D eigenvalue weighted by Gasteiger charge is 2.39. The maximum absolute atomic E-state index is 11.1. The van der Waals surface area contributed by atoms with Crippen LogP contribution in [0, 0.1) is 0 Å². The minimum absolute atomic E-state index is 0.0796. The zero-order valence-electron chi connectivity index (χ0n) is 10.7. The van der Waals surface area contributed by atoms with Crippen molar-refractivity contribution < 1.29 is 26.9 Å². The molecule has 0 bridgehead atoms. The lowest BCUT2D eigenvalue weighted by atomic mass is 10.0. The molecule has 0 unspecified atom stereocenters. The van der Waals surface area contributed by atoms with Crippen molar-refractivity contribution in [1.29, 1.82) is 0 Å². The Morgan fingerprint density at radius 1 is 1.53 bits per heavy atom. The second-order valence-corrected chi connectivity index (χ2v) is 5.77. The standard InChI is InChI=1S/C9H15N3O6S/c1-5-8(18-19(3,14)15)4-7(11-12-10)9(16-5)17-6(2)13/h5,7-9H,4H2,1-3H3/t5-,7-,8+,9-/m1/s1. The molecular weight excluding hydrogens is 278 g/mol. The van der Waals surface area contributed by atoms with E-state index in [1.165, 1.54) is 6.92 Å². The van der Waals surface area contributed by atoms with Gasteiger partial charge in [0.2, 0.25) is 6.29 Å². The van der Waals surface area contributed by atoms with E-state index in [1.807, 2.05) is 0 Å². The molecule has 0 radical (unpaired) electrons. The zero-order chi connectivity index (χ0) is 14.6. The van der Waals surface area contributed by atoms with Gasteiger partial charge in [0.15, 0.2) is 0 Å². The van der Waals surface area contributed by atoms with Gasteiger partial charge in [0.25, 0.3) is 10.1 Å². The van der Waals surface area contributed by atoms with Gasteiger partial charge in [-0.3, -0.25) is 8.98 Å². The average molecular weight is 293 g/mol. The SMILES string of the molecule is CC(=O)O[C@H]1O[C@H](C)[C@@H](OS(C)(=O)=O)C[C@H]1N=[N+]=[N-]. The highest BCUT2D eigenvalue weighted by Crippen LogP contribution is 2.26. The largest absolute Gasteiger partial charge is 0.435 e. The molecule has 10 heteroatoms. The predicted octanol–water partition coefficient (Wildman–Crippen LogP) is 0.708. The van der Waals surface area contributed by atoms with E-state index in [-0.39, 0.29) is 6.42 Å². The van der Waals surface area contributed by atoms with Crippen LogP contribution in [-0.2, 0) is 28.6 Å². The third kappa shape index (κ3) is 5.03. The van der Waals surface area contributed by atoms with Gasteiger partial charge in [-0.2, -0.15) is 8.42 Å². The summed E-state index contributed by atoms with van der Waals surface area (Å²) in [5, 5.41) is 3.44. The van der Waals surface area contributed by atoms with Crippen LogP contribution in [0.5, 0.6) is 0 Å².